The van der Waals surface area contributed by atoms with Gasteiger partial charge in [-0.1, -0.05) is 30.4 Å². The van der Waals surface area contributed by atoms with E-state index in [-0.39, 0.29) is 0 Å². The number of ether oxygens (including phenoxy) is 1. The second kappa shape index (κ2) is 8.32. The zero-order valence-electron chi connectivity index (χ0n) is 16.4. The van der Waals surface area contributed by atoms with Crippen LogP contribution in [0.5, 0.6) is 5.75 Å². The minimum absolute atomic E-state index is 0.359. The molecular weight excluding hydrogens is 388 g/mol. The molecule has 8 heteroatoms. The van der Waals surface area contributed by atoms with E-state index >= 15 is 0 Å². The molecular formula is C21H22N4O3S. The van der Waals surface area contributed by atoms with Crippen molar-refractivity contribution in [3.8, 4) is 16.9 Å². The second-order valence-electron chi connectivity index (χ2n) is 6.30. The van der Waals surface area contributed by atoms with Crippen LogP contribution in [0.3, 0.4) is 0 Å². The van der Waals surface area contributed by atoms with E-state index in [1.54, 1.807) is 25.3 Å². The molecule has 0 spiro atoms. The average Bonchev–Trinajstić information content (AvgIpc) is 3.06. The van der Waals surface area contributed by atoms with Crippen molar-refractivity contribution in [1.82, 2.24) is 9.55 Å². The third-order valence-corrected chi connectivity index (χ3v) is 5.53. The van der Waals surface area contributed by atoms with Crippen molar-refractivity contribution in [3.05, 3.63) is 67.0 Å². The summed E-state index contributed by atoms with van der Waals surface area (Å²) < 4.78 is 34.9. The summed E-state index contributed by atoms with van der Waals surface area (Å²) in [6, 6.07) is 9.10. The Labute approximate surface area is 169 Å². The number of hydrogen-bond acceptors (Lipinski definition) is 5. The van der Waals surface area contributed by atoms with Gasteiger partial charge in [-0.2, -0.15) is 8.42 Å². The van der Waals surface area contributed by atoms with Crippen LogP contribution in [-0.4, -0.2) is 30.1 Å². The van der Waals surface area contributed by atoms with Crippen molar-refractivity contribution in [2.45, 2.75) is 6.92 Å². The van der Waals surface area contributed by atoms with E-state index < -0.39 is 15.1 Å². The molecule has 0 aliphatic carbocycles. The lowest BCUT2D eigenvalue weighted by atomic mass is 10.0. The number of nitrogens with one attached hydrogen (secondary N) is 2. The van der Waals surface area contributed by atoms with Crippen LogP contribution >= 0.6 is 0 Å². The maximum absolute atomic E-state index is 12.6. The highest BCUT2D eigenvalue weighted by atomic mass is 32.2. The number of pyridine rings is 1. The van der Waals surface area contributed by atoms with Crippen LogP contribution in [0.15, 0.2) is 67.0 Å². The lowest BCUT2D eigenvalue weighted by Gasteiger charge is -2.10. The number of aryl methyl sites for hydroxylation is 1. The first-order chi connectivity index (χ1) is 13.9. The second-order valence-corrected chi connectivity index (χ2v) is 7.95. The van der Waals surface area contributed by atoms with Crippen LogP contribution < -0.4 is 9.46 Å². The van der Waals surface area contributed by atoms with E-state index in [1.165, 1.54) is 18.3 Å². The Balaban J connectivity index is 2.11. The Morgan fingerprint density at radius 3 is 2.79 bits per heavy atom. The van der Waals surface area contributed by atoms with Crippen molar-refractivity contribution in [3.63, 3.8) is 0 Å². The van der Waals surface area contributed by atoms with E-state index in [4.69, 9.17) is 10.1 Å². The molecule has 3 rings (SSSR count). The molecule has 7 nitrogen and oxygen atoms in total. The zero-order valence-corrected chi connectivity index (χ0v) is 17.2. The highest BCUT2D eigenvalue weighted by Gasteiger charge is 2.20. The summed E-state index contributed by atoms with van der Waals surface area (Å²) >= 11 is 0. The molecule has 0 unspecified atom stereocenters. The fraction of sp³-hybridized carbons (Fsp3) is 0.143. The van der Waals surface area contributed by atoms with Crippen molar-refractivity contribution >= 4 is 31.8 Å². The maximum atomic E-state index is 12.6. The Bertz CT molecular complexity index is 1220. The summed E-state index contributed by atoms with van der Waals surface area (Å²) in [5.41, 5.74) is 2.66. The normalized spacial score (nSPS) is 12.1. The first-order valence-electron chi connectivity index (χ1n) is 8.86. The predicted molar refractivity (Wildman–Crippen MR) is 117 cm³/mol. The maximum Gasteiger partial charge on any atom is 0.278 e. The molecule has 150 valence electrons. The van der Waals surface area contributed by atoms with Crippen LogP contribution in [0.2, 0.25) is 0 Å². The van der Waals surface area contributed by atoms with Crippen LogP contribution in [-0.2, 0) is 17.1 Å². The number of rotatable bonds is 6. The summed E-state index contributed by atoms with van der Waals surface area (Å²) in [6.45, 7) is 1.81. The molecule has 2 heterocycles. The number of methoxy groups -OCH3 is 1. The van der Waals surface area contributed by atoms with Gasteiger partial charge in [0, 0.05) is 25.0 Å². The molecule has 0 amide bonds. The molecule has 2 N–H and O–H groups in total. The third-order valence-electron chi connectivity index (χ3n) is 4.32. The van der Waals surface area contributed by atoms with Crippen molar-refractivity contribution in [2.24, 2.45) is 7.05 Å². The first kappa shape index (κ1) is 20.3. The summed E-state index contributed by atoms with van der Waals surface area (Å²) in [5.74, 6) is 0.696. The lowest BCUT2D eigenvalue weighted by Crippen LogP contribution is -2.20. The number of sulfonamides is 1. The topological polar surface area (TPSA) is 97.1 Å². The molecule has 3 aromatic rings. The van der Waals surface area contributed by atoms with E-state index in [2.05, 4.69) is 9.71 Å². The number of fused-ring (bicyclic) bond motifs is 1. The van der Waals surface area contributed by atoms with Gasteiger partial charge in [0.15, 0.2) is 5.04 Å². The third kappa shape index (κ3) is 4.22. The Morgan fingerprint density at radius 1 is 1.28 bits per heavy atom. The number of benzene rings is 1. The van der Waals surface area contributed by atoms with Gasteiger partial charge in [0.05, 0.1) is 18.2 Å². The van der Waals surface area contributed by atoms with E-state index in [9.17, 15) is 8.42 Å². The SMILES string of the molecule is C/C=C\C=C/C(=N)S(=O)(=O)Nc1ccnc2c1c(-c1cccc(OC)c1)cn2C. The van der Waals surface area contributed by atoms with Gasteiger partial charge in [-0.05, 0) is 36.8 Å². The van der Waals surface area contributed by atoms with E-state index in [1.807, 2.05) is 49.0 Å². The largest absolute Gasteiger partial charge is 0.497 e. The summed E-state index contributed by atoms with van der Waals surface area (Å²) in [5, 5.41) is 8.02. The number of hydrogen-bond donors (Lipinski definition) is 2. The van der Waals surface area contributed by atoms with Gasteiger partial charge in [-0.25, -0.2) is 4.98 Å². The smallest absolute Gasteiger partial charge is 0.278 e. The zero-order chi connectivity index (χ0) is 21.0. The van der Waals surface area contributed by atoms with Crippen LogP contribution in [0, 0.1) is 5.41 Å². The van der Waals surface area contributed by atoms with Gasteiger partial charge >= 0.3 is 0 Å². The number of nitrogens with zero attached hydrogens (tertiary/aromatic N) is 2. The number of aromatic nitrogens is 2. The van der Waals surface area contributed by atoms with Crippen LogP contribution in [0.4, 0.5) is 5.69 Å². The average molecular weight is 410 g/mol. The quantitative estimate of drug-likeness (QED) is 0.363. The lowest BCUT2D eigenvalue weighted by molar-refractivity contribution is 0.415. The van der Waals surface area contributed by atoms with E-state index in [0.29, 0.717) is 22.5 Å². The highest BCUT2D eigenvalue weighted by molar-refractivity contribution is 8.07. The number of allylic oxidation sites excluding steroid dienone is 3. The monoisotopic (exact) mass is 410 g/mol. The molecule has 29 heavy (non-hydrogen) atoms. The first-order valence-corrected chi connectivity index (χ1v) is 10.3. The van der Waals surface area contributed by atoms with Crippen molar-refractivity contribution in [2.75, 3.05) is 11.8 Å². The van der Waals surface area contributed by atoms with Crippen LogP contribution in [0.25, 0.3) is 22.2 Å². The molecule has 0 aliphatic heterocycles. The van der Waals surface area contributed by atoms with Crippen molar-refractivity contribution in [1.29, 1.82) is 5.41 Å². The summed E-state index contributed by atoms with van der Waals surface area (Å²) in [7, 11) is -0.597. The Morgan fingerprint density at radius 2 is 2.07 bits per heavy atom. The molecule has 0 atom stereocenters. The minimum atomic E-state index is -4.04. The molecule has 0 fully saturated rings. The molecule has 2 aromatic heterocycles. The standard InChI is InChI=1S/C21H22N4O3S/c1-4-5-6-10-19(22)29(26,27)24-18-11-12-23-21-20(18)17(14-25(21)2)15-8-7-9-16(13-15)28-3/h4-14,22H,1-3H3,(H,23,24)/b5-4-,10-6-,22-19?. The van der Waals surface area contributed by atoms with E-state index in [0.717, 1.165) is 11.1 Å². The molecule has 0 radical (unpaired) electrons. The van der Waals surface area contributed by atoms with Crippen molar-refractivity contribution < 1.29 is 13.2 Å². The van der Waals surface area contributed by atoms with Gasteiger partial charge in [0.25, 0.3) is 10.0 Å². The Kier molecular flexibility index (Phi) is 5.84. The summed E-state index contributed by atoms with van der Waals surface area (Å²) in [6.07, 6.45) is 9.58. The fourth-order valence-corrected chi connectivity index (χ4v) is 3.77. The number of anilines is 1. The molecule has 0 saturated carbocycles. The summed E-state index contributed by atoms with van der Waals surface area (Å²) in [4.78, 5) is 4.39. The molecule has 0 bridgehead atoms. The fourth-order valence-electron chi connectivity index (χ4n) is 2.94. The van der Waals surface area contributed by atoms with Gasteiger partial charge in [-0.15, -0.1) is 0 Å². The minimum Gasteiger partial charge on any atom is -0.497 e. The van der Waals surface area contributed by atoms with Gasteiger partial charge in [0.1, 0.15) is 11.4 Å². The predicted octanol–water partition coefficient (Wildman–Crippen LogP) is 4.10. The molecule has 0 aliphatic rings. The van der Waals surface area contributed by atoms with Gasteiger partial charge < -0.3 is 9.30 Å². The van der Waals surface area contributed by atoms with Crippen LogP contribution in [0.1, 0.15) is 6.92 Å². The van der Waals surface area contributed by atoms with Gasteiger partial charge in [-0.3, -0.25) is 10.1 Å². The Hall–Kier alpha value is -3.39. The molecule has 0 saturated heterocycles. The molecule has 1 aromatic carbocycles. The van der Waals surface area contributed by atoms with Gasteiger partial charge in [0.2, 0.25) is 0 Å². The highest BCUT2D eigenvalue weighted by Crippen LogP contribution is 2.36.